The van der Waals surface area contributed by atoms with Crippen molar-refractivity contribution < 1.29 is 19.1 Å². The summed E-state index contributed by atoms with van der Waals surface area (Å²) in [7, 11) is 0. The SMILES string of the molecule is CCC1C(=O)NCCN1c1ccc(F)cc1C(=O)O. The van der Waals surface area contributed by atoms with Crippen LogP contribution in [0.25, 0.3) is 0 Å². The first-order valence-corrected chi connectivity index (χ1v) is 6.11. The van der Waals surface area contributed by atoms with Crippen molar-refractivity contribution in [2.45, 2.75) is 19.4 Å². The molecule has 1 aromatic carbocycles. The van der Waals surface area contributed by atoms with E-state index in [1.807, 2.05) is 6.92 Å². The van der Waals surface area contributed by atoms with E-state index in [2.05, 4.69) is 5.32 Å². The molecule has 19 heavy (non-hydrogen) atoms. The fourth-order valence-electron chi connectivity index (χ4n) is 2.34. The summed E-state index contributed by atoms with van der Waals surface area (Å²) in [6, 6.07) is 3.19. The molecule has 0 aromatic heterocycles. The summed E-state index contributed by atoms with van der Waals surface area (Å²) in [5.74, 6) is -1.93. The Kier molecular flexibility index (Phi) is 3.69. The van der Waals surface area contributed by atoms with E-state index in [0.717, 1.165) is 6.07 Å². The van der Waals surface area contributed by atoms with Crippen LogP contribution in [0.4, 0.5) is 10.1 Å². The topological polar surface area (TPSA) is 69.6 Å². The number of carboxylic acid groups (broad SMARTS) is 1. The number of benzene rings is 1. The van der Waals surface area contributed by atoms with Crippen LogP contribution in [0.15, 0.2) is 18.2 Å². The second-order valence-corrected chi connectivity index (χ2v) is 4.38. The predicted octanol–water partition coefficient (Wildman–Crippen LogP) is 1.24. The number of hydrogen-bond donors (Lipinski definition) is 2. The van der Waals surface area contributed by atoms with E-state index in [1.165, 1.54) is 12.1 Å². The molecule has 5 nitrogen and oxygen atoms in total. The minimum atomic E-state index is -1.20. The van der Waals surface area contributed by atoms with Crippen LogP contribution in [-0.2, 0) is 4.79 Å². The molecule has 1 unspecified atom stereocenters. The Morgan fingerprint density at radius 2 is 2.32 bits per heavy atom. The molecule has 102 valence electrons. The van der Waals surface area contributed by atoms with Crippen molar-refractivity contribution in [3.8, 4) is 0 Å². The third-order valence-electron chi connectivity index (χ3n) is 3.22. The minimum Gasteiger partial charge on any atom is -0.478 e. The van der Waals surface area contributed by atoms with Crippen LogP contribution in [0.2, 0.25) is 0 Å². The number of carboxylic acids is 1. The Labute approximate surface area is 110 Å². The number of carbonyl (C=O) groups excluding carboxylic acids is 1. The molecule has 1 fully saturated rings. The lowest BCUT2D eigenvalue weighted by Crippen LogP contribution is -2.55. The van der Waals surface area contributed by atoms with Gasteiger partial charge in [-0.3, -0.25) is 4.79 Å². The smallest absolute Gasteiger partial charge is 0.337 e. The van der Waals surface area contributed by atoms with Gasteiger partial charge in [0.2, 0.25) is 5.91 Å². The van der Waals surface area contributed by atoms with Crippen LogP contribution >= 0.6 is 0 Å². The molecule has 0 saturated carbocycles. The fraction of sp³-hybridized carbons (Fsp3) is 0.385. The molecule has 6 heteroatoms. The number of hydrogen-bond acceptors (Lipinski definition) is 3. The zero-order valence-electron chi connectivity index (χ0n) is 10.5. The van der Waals surface area contributed by atoms with Crippen molar-refractivity contribution in [1.82, 2.24) is 5.32 Å². The minimum absolute atomic E-state index is 0.117. The molecule has 2 N–H and O–H groups in total. The summed E-state index contributed by atoms with van der Waals surface area (Å²) >= 11 is 0. The molecule has 0 radical (unpaired) electrons. The van der Waals surface area contributed by atoms with Crippen LogP contribution in [0.3, 0.4) is 0 Å². The van der Waals surface area contributed by atoms with Crippen molar-refractivity contribution in [2.75, 3.05) is 18.0 Å². The number of aromatic carboxylic acids is 1. The highest BCUT2D eigenvalue weighted by atomic mass is 19.1. The van der Waals surface area contributed by atoms with Gasteiger partial charge in [0.15, 0.2) is 0 Å². The van der Waals surface area contributed by atoms with Crippen molar-refractivity contribution in [3.63, 3.8) is 0 Å². The molecular weight excluding hydrogens is 251 g/mol. The van der Waals surface area contributed by atoms with Crippen LogP contribution in [0.1, 0.15) is 23.7 Å². The number of rotatable bonds is 3. The van der Waals surface area contributed by atoms with E-state index in [9.17, 15) is 14.0 Å². The van der Waals surface area contributed by atoms with E-state index in [0.29, 0.717) is 25.2 Å². The normalized spacial score (nSPS) is 19.2. The number of piperazine rings is 1. The zero-order valence-corrected chi connectivity index (χ0v) is 10.5. The molecule has 1 heterocycles. The summed E-state index contributed by atoms with van der Waals surface area (Å²) in [6.07, 6.45) is 0.558. The molecule has 1 saturated heterocycles. The number of nitrogens with zero attached hydrogens (tertiary/aromatic N) is 1. The lowest BCUT2D eigenvalue weighted by Gasteiger charge is -2.37. The van der Waals surface area contributed by atoms with Crippen LogP contribution in [0.5, 0.6) is 0 Å². The Balaban J connectivity index is 2.45. The van der Waals surface area contributed by atoms with E-state index in [-0.39, 0.29) is 11.5 Å². The molecule has 1 aromatic rings. The van der Waals surface area contributed by atoms with E-state index >= 15 is 0 Å². The lowest BCUT2D eigenvalue weighted by molar-refractivity contribution is -0.123. The lowest BCUT2D eigenvalue weighted by atomic mass is 10.1. The third-order valence-corrected chi connectivity index (χ3v) is 3.22. The van der Waals surface area contributed by atoms with Gasteiger partial charge in [-0.05, 0) is 24.6 Å². The third kappa shape index (κ3) is 2.52. The standard InChI is InChI=1S/C13H15FN2O3/c1-2-10-12(17)15-5-6-16(10)11-4-3-8(14)7-9(11)13(18)19/h3-4,7,10H,2,5-6H2,1H3,(H,15,17)(H,18,19). The first-order chi connectivity index (χ1) is 9.04. The second kappa shape index (κ2) is 5.26. The van der Waals surface area contributed by atoms with E-state index in [4.69, 9.17) is 5.11 Å². The van der Waals surface area contributed by atoms with Gasteiger partial charge in [-0.15, -0.1) is 0 Å². The van der Waals surface area contributed by atoms with Crippen molar-refractivity contribution in [1.29, 1.82) is 0 Å². The summed E-state index contributed by atoms with van der Waals surface area (Å²) in [6.45, 7) is 2.81. The van der Waals surface area contributed by atoms with Crippen molar-refractivity contribution >= 4 is 17.6 Å². The first-order valence-electron chi connectivity index (χ1n) is 6.11. The van der Waals surface area contributed by atoms with Gasteiger partial charge in [0, 0.05) is 13.1 Å². The molecule has 1 atom stereocenters. The van der Waals surface area contributed by atoms with Gasteiger partial charge in [0.05, 0.1) is 11.3 Å². The summed E-state index contributed by atoms with van der Waals surface area (Å²) in [5.41, 5.74) is 0.267. The Bertz CT molecular complexity index is 519. The zero-order chi connectivity index (χ0) is 14.0. The Morgan fingerprint density at radius 1 is 1.58 bits per heavy atom. The predicted molar refractivity (Wildman–Crippen MR) is 67.8 cm³/mol. The maximum Gasteiger partial charge on any atom is 0.337 e. The quantitative estimate of drug-likeness (QED) is 0.863. The van der Waals surface area contributed by atoms with Crippen LogP contribution in [-0.4, -0.2) is 36.1 Å². The van der Waals surface area contributed by atoms with Gasteiger partial charge in [-0.25, -0.2) is 9.18 Å². The molecule has 1 aliphatic heterocycles. The highest BCUT2D eigenvalue weighted by molar-refractivity contribution is 5.96. The highest BCUT2D eigenvalue weighted by Crippen LogP contribution is 2.26. The highest BCUT2D eigenvalue weighted by Gasteiger charge is 2.30. The van der Waals surface area contributed by atoms with Crippen LogP contribution in [0, 0.1) is 5.82 Å². The number of nitrogens with one attached hydrogen (secondary N) is 1. The summed E-state index contributed by atoms with van der Waals surface area (Å²) in [5, 5.41) is 11.9. The average molecular weight is 266 g/mol. The van der Waals surface area contributed by atoms with Gasteiger partial charge >= 0.3 is 5.97 Å². The number of carbonyl (C=O) groups is 2. The molecule has 0 aliphatic carbocycles. The molecule has 1 aliphatic rings. The average Bonchev–Trinajstić information content (AvgIpc) is 2.38. The van der Waals surface area contributed by atoms with E-state index < -0.39 is 17.8 Å². The molecule has 0 spiro atoms. The van der Waals surface area contributed by atoms with E-state index in [1.54, 1.807) is 4.90 Å². The van der Waals surface area contributed by atoms with Gasteiger partial charge in [0.1, 0.15) is 11.9 Å². The number of anilines is 1. The largest absolute Gasteiger partial charge is 0.478 e. The van der Waals surface area contributed by atoms with Gasteiger partial charge in [-0.1, -0.05) is 6.92 Å². The molecule has 1 amide bonds. The van der Waals surface area contributed by atoms with Crippen LogP contribution < -0.4 is 10.2 Å². The maximum atomic E-state index is 13.2. The van der Waals surface area contributed by atoms with Gasteiger partial charge in [0.25, 0.3) is 0 Å². The summed E-state index contributed by atoms with van der Waals surface area (Å²) < 4.78 is 13.2. The monoisotopic (exact) mass is 266 g/mol. The number of halogens is 1. The molecule has 0 bridgehead atoms. The Morgan fingerprint density at radius 3 is 2.95 bits per heavy atom. The van der Waals surface area contributed by atoms with Gasteiger partial charge in [-0.2, -0.15) is 0 Å². The Hall–Kier alpha value is -2.11. The fourth-order valence-corrected chi connectivity index (χ4v) is 2.34. The number of amides is 1. The van der Waals surface area contributed by atoms with Gasteiger partial charge < -0.3 is 15.3 Å². The second-order valence-electron chi connectivity index (χ2n) is 4.38. The van der Waals surface area contributed by atoms with Crippen molar-refractivity contribution in [2.24, 2.45) is 0 Å². The van der Waals surface area contributed by atoms with Crippen molar-refractivity contribution in [3.05, 3.63) is 29.6 Å². The summed E-state index contributed by atoms with van der Waals surface area (Å²) in [4.78, 5) is 24.7. The first kappa shape index (κ1) is 13.3. The molecule has 2 rings (SSSR count). The molecular formula is C13H15FN2O3. The maximum absolute atomic E-state index is 13.2.